The minimum absolute atomic E-state index is 0.156. The lowest BCUT2D eigenvalue weighted by atomic mass is 9.91. The Bertz CT molecular complexity index is 338. The highest BCUT2D eigenvalue weighted by Gasteiger charge is 2.45. The summed E-state index contributed by atoms with van der Waals surface area (Å²) in [5.41, 5.74) is 0.156. The zero-order valence-electron chi connectivity index (χ0n) is 11.7. The van der Waals surface area contributed by atoms with Crippen LogP contribution in [0, 0.1) is 5.92 Å². The molecule has 1 saturated heterocycles. The quantitative estimate of drug-likeness (QED) is 0.861. The van der Waals surface area contributed by atoms with E-state index in [0.29, 0.717) is 18.5 Å². The minimum atomic E-state index is -4.51. The summed E-state index contributed by atoms with van der Waals surface area (Å²) in [5, 5.41) is 3.70. The van der Waals surface area contributed by atoms with Crippen LogP contribution in [-0.4, -0.2) is 49.1 Å². The van der Waals surface area contributed by atoms with Crippen molar-refractivity contribution in [2.45, 2.75) is 56.5 Å². The van der Waals surface area contributed by atoms with Crippen molar-refractivity contribution in [1.82, 2.24) is 10.2 Å². The van der Waals surface area contributed by atoms with Gasteiger partial charge in [-0.1, -0.05) is 12.8 Å². The van der Waals surface area contributed by atoms with Gasteiger partial charge in [0.1, 0.15) is 0 Å². The Balaban J connectivity index is 1.57. The molecule has 0 amide bonds. The van der Waals surface area contributed by atoms with Crippen molar-refractivity contribution in [2.75, 3.05) is 26.2 Å². The topological polar surface area (TPSA) is 24.5 Å². The maximum Gasteiger partial charge on any atom is 0.522 e. The van der Waals surface area contributed by atoms with E-state index in [1.807, 2.05) is 0 Å². The number of ether oxygens (including phenoxy) is 1. The van der Waals surface area contributed by atoms with Crippen LogP contribution in [-0.2, 0) is 4.74 Å². The first kappa shape index (κ1) is 14.6. The molecule has 2 saturated carbocycles. The molecule has 116 valence electrons. The van der Waals surface area contributed by atoms with E-state index in [2.05, 4.69) is 15.0 Å². The molecule has 2 aliphatic carbocycles. The third kappa shape index (κ3) is 3.46. The van der Waals surface area contributed by atoms with Crippen molar-refractivity contribution >= 4 is 0 Å². The highest BCUT2D eigenvalue weighted by Crippen LogP contribution is 2.40. The molecular weight excluding hydrogens is 269 g/mol. The van der Waals surface area contributed by atoms with Crippen molar-refractivity contribution in [3.05, 3.63) is 0 Å². The maximum atomic E-state index is 12.1. The molecule has 1 unspecified atom stereocenters. The number of hydrogen-bond acceptors (Lipinski definition) is 3. The molecule has 0 aromatic heterocycles. The van der Waals surface area contributed by atoms with Gasteiger partial charge in [0.05, 0.1) is 6.61 Å². The Kier molecular flexibility index (Phi) is 3.99. The normalized spacial score (nSPS) is 31.1. The predicted molar refractivity (Wildman–Crippen MR) is 69.3 cm³/mol. The second-order valence-electron chi connectivity index (χ2n) is 6.54. The van der Waals surface area contributed by atoms with Gasteiger partial charge in [-0.05, 0) is 31.6 Å². The number of alkyl halides is 3. The molecule has 0 aromatic carbocycles. The van der Waals surface area contributed by atoms with Gasteiger partial charge >= 0.3 is 6.36 Å². The van der Waals surface area contributed by atoms with E-state index < -0.39 is 6.36 Å². The van der Waals surface area contributed by atoms with E-state index in [4.69, 9.17) is 0 Å². The molecule has 6 heteroatoms. The van der Waals surface area contributed by atoms with Crippen LogP contribution in [0.3, 0.4) is 0 Å². The molecule has 0 radical (unpaired) electrons. The summed E-state index contributed by atoms with van der Waals surface area (Å²) in [5.74, 6) is 0.673. The average molecular weight is 292 g/mol. The number of nitrogens with zero attached hydrogens (tertiary/aromatic N) is 1. The number of hydrogen-bond donors (Lipinski definition) is 1. The molecule has 3 nitrogen and oxygen atoms in total. The third-order valence-electron chi connectivity index (χ3n) is 5.03. The summed E-state index contributed by atoms with van der Waals surface area (Å²) in [7, 11) is 0. The number of halogens is 3. The Labute approximate surface area is 117 Å². The van der Waals surface area contributed by atoms with Gasteiger partial charge in [0.15, 0.2) is 0 Å². The molecule has 3 aliphatic rings. The molecule has 1 spiro atoms. The van der Waals surface area contributed by atoms with E-state index in [1.165, 1.54) is 25.7 Å². The van der Waals surface area contributed by atoms with Crippen LogP contribution in [0.5, 0.6) is 0 Å². The van der Waals surface area contributed by atoms with Gasteiger partial charge in [0, 0.05) is 31.2 Å². The third-order valence-corrected chi connectivity index (χ3v) is 5.03. The lowest BCUT2D eigenvalue weighted by molar-refractivity contribution is -0.325. The van der Waals surface area contributed by atoms with E-state index in [0.717, 1.165) is 25.9 Å². The zero-order valence-corrected chi connectivity index (χ0v) is 11.7. The van der Waals surface area contributed by atoms with Crippen LogP contribution in [0.15, 0.2) is 0 Å². The monoisotopic (exact) mass is 292 g/mol. The molecular formula is C14H23F3N2O. The smallest absolute Gasteiger partial charge is 0.308 e. The first-order valence-corrected chi connectivity index (χ1v) is 7.67. The Hall–Kier alpha value is -0.330. The lowest BCUT2D eigenvalue weighted by Gasteiger charge is -2.46. The van der Waals surface area contributed by atoms with Crippen molar-refractivity contribution in [2.24, 2.45) is 5.92 Å². The Morgan fingerprint density at radius 1 is 1.20 bits per heavy atom. The molecule has 3 rings (SSSR count). The fourth-order valence-electron chi connectivity index (χ4n) is 3.87. The molecule has 1 aliphatic heterocycles. The van der Waals surface area contributed by atoms with Gasteiger partial charge in [-0.3, -0.25) is 9.64 Å². The van der Waals surface area contributed by atoms with Gasteiger partial charge in [0.25, 0.3) is 0 Å². The maximum absolute atomic E-state index is 12.1. The molecule has 0 aromatic rings. The van der Waals surface area contributed by atoms with Gasteiger partial charge in [-0.15, -0.1) is 13.2 Å². The molecule has 20 heavy (non-hydrogen) atoms. The first-order valence-electron chi connectivity index (χ1n) is 7.67. The number of nitrogens with one attached hydrogen (secondary N) is 1. The van der Waals surface area contributed by atoms with Gasteiger partial charge < -0.3 is 5.32 Å². The van der Waals surface area contributed by atoms with E-state index in [1.54, 1.807) is 0 Å². The molecule has 3 fully saturated rings. The second-order valence-corrected chi connectivity index (χ2v) is 6.54. The van der Waals surface area contributed by atoms with Crippen LogP contribution in [0.4, 0.5) is 13.2 Å². The second kappa shape index (κ2) is 5.46. The van der Waals surface area contributed by atoms with Gasteiger partial charge in [-0.2, -0.15) is 0 Å². The minimum Gasteiger partial charge on any atom is -0.308 e. The van der Waals surface area contributed by atoms with Crippen LogP contribution >= 0.6 is 0 Å². The fraction of sp³-hybridized carbons (Fsp3) is 1.00. The molecule has 1 N–H and O–H groups in total. The Morgan fingerprint density at radius 3 is 2.50 bits per heavy atom. The van der Waals surface area contributed by atoms with Gasteiger partial charge in [-0.25, -0.2) is 0 Å². The van der Waals surface area contributed by atoms with Gasteiger partial charge in [0.2, 0.25) is 0 Å². The van der Waals surface area contributed by atoms with E-state index >= 15 is 0 Å². The van der Waals surface area contributed by atoms with Crippen LogP contribution in [0.2, 0.25) is 0 Å². The van der Waals surface area contributed by atoms with Crippen molar-refractivity contribution < 1.29 is 17.9 Å². The molecule has 1 heterocycles. The molecule has 0 bridgehead atoms. The highest BCUT2D eigenvalue weighted by molar-refractivity contribution is 5.03. The first-order chi connectivity index (χ1) is 9.48. The summed E-state index contributed by atoms with van der Waals surface area (Å²) in [6, 6.07) is 0.401. The standard InChI is InChI=1S/C14H23F3N2O/c15-14(16,17)20-8-7-19-10-13(5-1-2-6-13)18-9-12(19)11-3-4-11/h11-12,18H,1-10H2. The largest absolute Gasteiger partial charge is 0.522 e. The SMILES string of the molecule is FC(F)(F)OCCN1CC2(CCCC2)NCC1C1CC1. The van der Waals surface area contributed by atoms with Crippen molar-refractivity contribution in [3.8, 4) is 0 Å². The van der Waals surface area contributed by atoms with Crippen LogP contribution in [0.1, 0.15) is 38.5 Å². The number of rotatable bonds is 4. The Morgan fingerprint density at radius 2 is 1.90 bits per heavy atom. The zero-order chi connectivity index (χ0) is 14.2. The summed E-state index contributed by atoms with van der Waals surface area (Å²) in [4.78, 5) is 2.26. The summed E-state index contributed by atoms with van der Waals surface area (Å²) >= 11 is 0. The summed E-state index contributed by atoms with van der Waals surface area (Å²) < 4.78 is 40.3. The number of piperazine rings is 1. The molecule has 1 atom stereocenters. The van der Waals surface area contributed by atoms with Crippen molar-refractivity contribution in [1.29, 1.82) is 0 Å². The highest BCUT2D eigenvalue weighted by atomic mass is 19.4. The van der Waals surface area contributed by atoms with Crippen LogP contribution < -0.4 is 5.32 Å². The predicted octanol–water partition coefficient (Wildman–Crippen LogP) is 2.52. The summed E-state index contributed by atoms with van der Waals surface area (Å²) in [6.45, 7) is 1.96. The average Bonchev–Trinajstić information content (AvgIpc) is 3.10. The fourth-order valence-corrected chi connectivity index (χ4v) is 3.87. The van der Waals surface area contributed by atoms with Crippen LogP contribution in [0.25, 0.3) is 0 Å². The van der Waals surface area contributed by atoms with E-state index in [-0.39, 0.29) is 12.1 Å². The lowest BCUT2D eigenvalue weighted by Crippen LogP contribution is -2.64. The summed E-state index contributed by atoms with van der Waals surface area (Å²) in [6.07, 6.45) is 2.70. The van der Waals surface area contributed by atoms with Crippen molar-refractivity contribution in [3.63, 3.8) is 0 Å². The van der Waals surface area contributed by atoms with E-state index in [9.17, 15) is 13.2 Å².